The van der Waals surface area contributed by atoms with E-state index < -0.39 is 26.0 Å². The van der Waals surface area contributed by atoms with Gasteiger partial charge in [-0.15, -0.1) is 0 Å². The van der Waals surface area contributed by atoms with Crippen LogP contribution in [-0.2, 0) is 21.1 Å². The monoisotopic (exact) mass is 450 g/mol. The van der Waals surface area contributed by atoms with Gasteiger partial charge in [-0.2, -0.15) is 0 Å². The van der Waals surface area contributed by atoms with Crippen molar-refractivity contribution in [3.8, 4) is 0 Å². The number of morpholine rings is 1. The van der Waals surface area contributed by atoms with Crippen molar-refractivity contribution in [1.82, 2.24) is 4.57 Å². The average Bonchev–Trinajstić information content (AvgIpc) is 2.74. The van der Waals surface area contributed by atoms with Crippen LogP contribution in [0.4, 0.5) is 10.1 Å². The molecule has 0 atom stereocenters. The van der Waals surface area contributed by atoms with Crippen molar-refractivity contribution in [2.45, 2.75) is 23.3 Å². The fourth-order valence-electron chi connectivity index (χ4n) is 3.63. The Kier molecular flexibility index (Phi) is 5.57. The van der Waals surface area contributed by atoms with E-state index >= 15 is 0 Å². The molecular formula is C21H20ClFN2O4S. The predicted octanol–water partition coefficient (Wildman–Crippen LogP) is 3.48. The summed E-state index contributed by atoms with van der Waals surface area (Å²) < 4.78 is 48.2. The SMILES string of the molecule is CCn1cc(S(=O)(=O)c2cccc(Cl)c2)c(=O)c2cc(F)c(N3CCOCC3)cc21. The van der Waals surface area contributed by atoms with E-state index in [1.54, 1.807) is 16.7 Å². The Morgan fingerprint density at radius 3 is 2.57 bits per heavy atom. The van der Waals surface area contributed by atoms with Crippen LogP contribution >= 0.6 is 11.6 Å². The lowest BCUT2D eigenvalue weighted by atomic mass is 10.1. The highest BCUT2D eigenvalue weighted by molar-refractivity contribution is 7.91. The zero-order valence-corrected chi connectivity index (χ0v) is 17.8. The molecule has 1 fully saturated rings. The molecule has 0 amide bonds. The molecule has 0 saturated carbocycles. The Labute approximate surface area is 178 Å². The molecule has 0 bridgehead atoms. The van der Waals surface area contributed by atoms with E-state index in [1.807, 2.05) is 11.8 Å². The summed E-state index contributed by atoms with van der Waals surface area (Å²) in [6.07, 6.45) is 1.32. The molecule has 4 rings (SSSR count). The topological polar surface area (TPSA) is 68.6 Å². The smallest absolute Gasteiger partial charge is 0.211 e. The third-order valence-electron chi connectivity index (χ3n) is 5.20. The molecule has 0 spiro atoms. The van der Waals surface area contributed by atoms with Gasteiger partial charge in [0.15, 0.2) is 0 Å². The first-order valence-corrected chi connectivity index (χ1v) is 11.4. The van der Waals surface area contributed by atoms with Crippen LogP contribution in [0.25, 0.3) is 10.9 Å². The minimum Gasteiger partial charge on any atom is -0.378 e. The molecule has 0 N–H and O–H groups in total. The maximum atomic E-state index is 14.9. The van der Waals surface area contributed by atoms with Gasteiger partial charge in [0.25, 0.3) is 0 Å². The molecule has 1 saturated heterocycles. The van der Waals surface area contributed by atoms with Gasteiger partial charge in [-0.25, -0.2) is 12.8 Å². The molecule has 9 heteroatoms. The van der Waals surface area contributed by atoms with Crippen molar-refractivity contribution >= 4 is 38.0 Å². The molecule has 158 valence electrons. The lowest BCUT2D eigenvalue weighted by Gasteiger charge is -2.29. The van der Waals surface area contributed by atoms with Gasteiger partial charge in [-0.1, -0.05) is 17.7 Å². The van der Waals surface area contributed by atoms with E-state index in [-0.39, 0.29) is 15.3 Å². The average molecular weight is 451 g/mol. The van der Waals surface area contributed by atoms with Crippen molar-refractivity contribution in [3.63, 3.8) is 0 Å². The Morgan fingerprint density at radius 2 is 1.90 bits per heavy atom. The number of aromatic nitrogens is 1. The summed E-state index contributed by atoms with van der Waals surface area (Å²) in [5.74, 6) is -0.568. The standard InChI is InChI=1S/C21H20ClFN2O4S/c1-2-24-13-20(30(27,28)15-5-3-4-14(22)10-15)21(26)16-11-17(23)19(12-18(16)24)25-6-8-29-9-7-25/h3-5,10-13H,2,6-9H2,1H3. The molecule has 3 aromatic rings. The zero-order chi connectivity index (χ0) is 21.5. The van der Waals surface area contributed by atoms with Crippen LogP contribution in [0.3, 0.4) is 0 Å². The number of ether oxygens (including phenoxy) is 1. The van der Waals surface area contributed by atoms with Crippen molar-refractivity contribution in [3.05, 3.63) is 63.7 Å². The number of hydrogen-bond acceptors (Lipinski definition) is 5. The van der Waals surface area contributed by atoms with Crippen LogP contribution in [0.5, 0.6) is 0 Å². The van der Waals surface area contributed by atoms with E-state index in [9.17, 15) is 17.6 Å². The quantitative estimate of drug-likeness (QED) is 0.608. The zero-order valence-electron chi connectivity index (χ0n) is 16.3. The Hall–Kier alpha value is -2.42. The molecule has 1 aliphatic heterocycles. The summed E-state index contributed by atoms with van der Waals surface area (Å²) >= 11 is 5.93. The number of aryl methyl sites for hydroxylation is 1. The minimum absolute atomic E-state index is 0.0227. The second kappa shape index (κ2) is 8.02. The van der Waals surface area contributed by atoms with Gasteiger partial charge >= 0.3 is 0 Å². The number of halogens is 2. The second-order valence-corrected chi connectivity index (χ2v) is 9.34. The predicted molar refractivity (Wildman–Crippen MR) is 114 cm³/mol. The second-order valence-electron chi connectivity index (χ2n) is 6.99. The van der Waals surface area contributed by atoms with Gasteiger partial charge in [-0.3, -0.25) is 4.79 Å². The minimum atomic E-state index is -4.13. The van der Waals surface area contributed by atoms with Crippen LogP contribution in [0.15, 0.2) is 57.2 Å². The fourth-order valence-corrected chi connectivity index (χ4v) is 5.30. The number of benzene rings is 2. The molecule has 2 heterocycles. The van der Waals surface area contributed by atoms with Crippen LogP contribution < -0.4 is 10.3 Å². The number of fused-ring (bicyclic) bond motifs is 1. The first-order chi connectivity index (χ1) is 14.3. The molecule has 30 heavy (non-hydrogen) atoms. The molecule has 0 unspecified atom stereocenters. The van der Waals surface area contributed by atoms with E-state index in [0.29, 0.717) is 44.1 Å². The molecule has 0 radical (unpaired) electrons. The molecule has 0 aliphatic carbocycles. The largest absolute Gasteiger partial charge is 0.378 e. The Balaban J connectivity index is 1.94. The van der Waals surface area contributed by atoms with Gasteiger partial charge in [0.1, 0.15) is 10.7 Å². The van der Waals surface area contributed by atoms with E-state index in [0.717, 1.165) is 6.07 Å². The van der Waals surface area contributed by atoms with E-state index in [2.05, 4.69) is 0 Å². The normalized spacial score (nSPS) is 15.0. The highest BCUT2D eigenvalue weighted by Gasteiger charge is 2.25. The molecule has 2 aromatic carbocycles. The van der Waals surface area contributed by atoms with Gasteiger partial charge in [0.05, 0.1) is 34.7 Å². The summed E-state index contributed by atoms with van der Waals surface area (Å²) in [7, 11) is -4.13. The maximum Gasteiger partial charge on any atom is 0.211 e. The van der Waals surface area contributed by atoms with E-state index in [1.165, 1.54) is 24.4 Å². The fraction of sp³-hybridized carbons (Fsp3) is 0.286. The number of nitrogens with zero attached hydrogens (tertiary/aromatic N) is 2. The summed E-state index contributed by atoms with van der Waals surface area (Å²) in [6, 6.07) is 8.46. The third kappa shape index (κ3) is 3.59. The molecule has 1 aliphatic rings. The molecule has 6 nitrogen and oxygen atoms in total. The van der Waals surface area contributed by atoms with Crippen molar-refractivity contribution < 1.29 is 17.5 Å². The Bertz CT molecular complexity index is 1280. The summed E-state index contributed by atoms with van der Waals surface area (Å²) in [5, 5.41) is 0.267. The van der Waals surface area contributed by atoms with Gasteiger partial charge in [-0.05, 0) is 37.3 Å². The van der Waals surface area contributed by atoms with Crippen LogP contribution in [0.1, 0.15) is 6.92 Å². The van der Waals surface area contributed by atoms with Crippen LogP contribution in [-0.4, -0.2) is 39.3 Å². The van der Waals surface area contributed by atoms with Crippen LogP contribution in [0, 0.1) is 5.82 Å². The number of pyridine rings is 1. The highest BCUT2D eigenvalue weighted by atomic mass is 35.5. The van der Waals surface area contributed by atoms with Crippen LogP contribution in [0.2, 0.25) is 5.02 Å². The van der Waals surface area contributed by atoms with Crippen molar-refractivity contribution in [2.75, 3.05) is 31.2 Å². The Morgan fingerprint density at radius 1 is 1.17 bits per heavy atom. The summed E-state index contributed by atoms with van der Waals surface area (Å²) in [5.41, 5.74) is 0.121. The van der Waals surface area contributed by atoms with Gasteiger partial charge in [0, 0.05) is 30.9 Å². The first kappa shape index (κ1) is 20.8. The summed E-state index contributed by atoms with van der Waals surface area (Å²) in [6.45, 7) is 4.31. The van der Waals surface area contributed by atoms with Gasteiger partial charge in [0.2, 0.25) is 15.3 Å². The van der Waals surface area contributed by atoms with Gasteiger partial charge < -0.3 is 14.2 Å². The number of anilines is 1. The number of rotatable bonds is 4. The lowest BCUT2D eigenvalue weighted by Crippen LogP contribution is -2.36. The number of hydrogen-bond donors (Lipinski definition) is 0. The maximum absolute atomic E-state index is 14.9. The first-order valence-electron chi connectivity index (χ1n) is 9.53. The van der Waals surface area contributed by atoms with Crippen molar-refractivity contribution in [2.24, 2.45) is 0 Å². The van der Waals surface area contributed by atoms with E-state index in [4.69, 9.17) is 16.3 Å². The molecule has 1 aromatic heterocycles. The van der Waals surface area contributed by atoms with Crippen molar-refractivity contribution in [1.29, 1.82) is 0 Å². The highest BCUT2D eigenvalue weighted by Crippen LogP contribution is 2.28. The lowest BCUT2D eigenvalue weighted by molar-refractivity contribution is 0.122. The summed E-state index contributed by atoms with van der Waals surface area (Å²) in [4.78, 5) is 14.5. The third-order valence-corrected chi connectivity index (χ3v) is 7.18. The number of sulfone groups is 1. The molecular weight excluding hydrogens is 431 g/mol.